The number of halogens is 1. The summed E-state index contributed by atoms with van der Waals surface area (Å²) in [5.74, 6) is 0.642. The van der Waals surface area contributed by atoms with Gasteiger partial charge in [0.2, 0.25) is 0 Å². The lowest BCUT2D eigenvalue weighted by molar-refractivity contribution is 0.416. The summed E-state index contributed by atoms with van der Waals surface area (Å²) in [5, 5.41) is 0. The molecule has 2 rings (SSSR count). The van der Waals surface area contributed by atoms with E-state index in [9.17, 15) is 4.39 Å². The predicted octanol–water partition coefficient (Wildman–Crippen LogP) is 3.21. The van der Waals surface area contributed by atoms with Gasteiger partial charge >= 0.3 is 0 Å². The van der Waals surface area contributed by atoms with Crippen molar-refractivity contribution < 1.29 is 4.39 Å². The van der Waals surface area contributed by atoms with E-state index >= 15 is 0 Å². The third-order valence-electron chi connectivity index (χ3n) is 3.95. The van der Waals surface area contributed by atoms with Crippen LogP contribution in [0, 0.1) is 5.82 Å². The molecular weight excluding hydrogens is 241 g/mol. The van der Waals surface area contributed by atoms with Crippen molar-refractivity contribution in [3.05, 3.63) is 29.8 Å². The number of fused-ring (bicyclic) bond motifs is 1. The molecule has 0 aliphatic heterocycles. The van der Waals surface area contributed by atoms with Gasteiger partial charge in [-0.2, -0.15) is 0 Å². The average Bonchev–Trinajstić information content (AvgIpc) is 2.80. The lowest BCUT2D eigenvalue weighted by Gasteiger charge is -2.26. The van der Waals surface area contributed by atoms with Crippen LogP contribution in [0.1, 0.15) is 39.4 Å². The molecule has 2 aromatic rings. The van der Waals surface area contributed by atoms with Crippen LogP contribution in [0.2, 0.25) is 0 Å². The number of aryl methyl sites for hydroxylation is 1. The summed E-state index contributed by atoms with van der Waals surface area (Å²) >= 11 is 0. The van der Waals surface area contributed by atoms with E-state index < -0.39 is 0 Å². The molecule has 0 radical (unpaired) electrons. The fourth-order valence-corrected chi connectivity index (χ4v) is 2.42. The van der Waals surface area contributed by atoms with Crippen LogP contribution >= 0.6 is 0 Å². The van der Waals surface area contributed by atoms with E-state index in [4.69, 9.17) is 5.73 Å². The largest absolute Gasteiger partial charge is 0.329 e. The molecule has 0 saturated carbocycles. The Kier molecular flexibility index (Phi) is 3.90. The highest BCUT2D eigenvalue weighted by molar-refractivity contribution is 5.77. The van der Waals surface area contributed by atoms with E-state index in [0.717, 1.165) is 30.7 Å². The molecule has 1 heterocycles. The Bertz CT molecular complexity index is 570. The molecule has 0 aliphatic carbocycles. The van der Waals surface area contributed by atoms with Crippen molar-refractivity contribution in [2.45, 2.75) is 45.6 Å². The number of benzene rings is 1. The SMILES string of the molecule is CCCn1c(C(C)(CC)CN)nc2c(F)cccc21. The van der Waals surface area contributed by atoms with Gasteiger partial charge in [-0.25, -0.2) is 9.37 Å². The lowest BCUT2D eigenvalue weighted by atomic mass is 9.86. The third kappa shape index (κ3) is 2.25. The number of para-hydroxylation sites is 1. The maximum Gasteiger partial charge on any atom is 0.151 e. The quantitative estimate of drug-likeness (QED) is 0.900. The van der Waals surface area contributed by atoms with Crippen LogP contribution in [-0.2, 0) is 12.0 Å². The molecule has 0 amide bonds. The van der Waals surface area contributed by atoms with Gasteiger partial charge in [0.1, 0.15) is 11.3 Å². The molecule has 0 saturated heterocycles. The molecule has 104 valence electrons. The number of imidazole rings is 1. The zero-order valence-corrected chi connectivity index (χ0v) is 11.9. The highest BCUT2D eigenvalue weighted by Crippen LogP contribution is 2.30. The zero-order valence-electron chi connectivity index (χ0n) is 11.9. The Morgan fingerprint density at radius 2 is 2.11 bits per heavy atom. The number of rotatable bonds is 5. The van der Waals surface area contributed by atoms with E-state index in [2.05, 4.69) is 30.3 Å². The van der Waals surface area contributed by atoms with Crippen molar-refractivity contribution in [1.29, 1.82) is 0 Å². The van der Waals surface area contributed by atoms with E-state index in [1.807, 2.05) is 6.07 Å². The molecular formula is C15H22FN3. The molecule has 1 aromatic heterocycles. The first-order chi connectivity index (χ1) is 9.07. The maximum atomic E-state index is 13.9. The van der Waals surface area contributed by atoms with Gasteiger partial charge < -0.3 is 10.3 Å². The first-order valence-corrected chi connectivity index (χ1v) is 6.92. The molecule has 1 aromatic carbocycles. The van der Waals surface area contributed by atoms with E-state index in [0.29, 0.717) is 12.1 Å². The van der Waals surface area contributed by atoms with Crippen LogP contribution in [0.15, 0.2) is 18.2 Å². The van der Waals surface area contributed by atoms with Crippen molar-refractivity contribution in [2.24, 2.45) is 5.73 Å². The van der Waals surface area contributed by atoms with Crippen LogP contribution in [0.4, 0.5) is 4.39 Å². The van der Waals surface area contributed by atoms with E-state index in [1.165, 1.54) is 6.07 Å². The lowest BCUT2D eigenvalue weighted by Crippen LogP contribution is -2.34. The van der Waals surface area contributed by atoms with Crippen LogP contribution in [0.5, 0.6) is 0 Å². The Morgan fingerprint density at radius 1 is 1.37 bits per heavy atom. The highest BCUT2D eigenvalue weighted by Gasteiger charge is 2.29. The summed E-state index contributed by atoms with van der Waals surface area (Å²) in [7, 11) is 0. The number of hydrogen-bond donors (Lipinski definition) is 1. The number of nitrogens with two attached hydrogens (primary N) is 1. The molecule has 0 spiro atoms. The van der Waals surface area contributed by atoms with Gasteiger partial charge in [-0.3, -0.25) is 0 Å². The minimum atomic E-state index is -0.260. The van der Waals surface area contributed by atoms with Gasteiger partial charge in [-0.1, -0.05) is 26.8 Å². The number of hydrogen-bond acceptors (Lipinski definition) is 2. The Labute approximate surface area is 113 Å². The summed E-state index contributed by atoms with van der Waals surface area (Å²) < 4.78 is 16.0. The summed E-state index contributed by atoms with van der Waals surface area (Å²) in [6, 6.07) is 5.12. The minimum Gasteiger partial charge on any atom is -0.329 e. The molecule has 0 aliphatic rings. The summed E-state index contributed by atoms with van der Waals surface area (Å²) in [6.07, 6.45) is 1.87. The first kappa shape index (κ1) is 14.0. The third-order valence-corrected chi connectivity index (χ3v) is 3.95. The standard InChI is InChI=1S/C15H22FN3/c1-4-9-19-12-8-6-7-11(16)13(12)18-14(19)15(3,5-2)10-17/h6-8H,4-5,9-10,17H2,1-3H3. The fourth-order valence-electron chi connectivity index (χ4n) is 2.42. The topological polar surface area (TPSA) is 43.8 Å². The fraction of sp³-hybridized carbons (Fsp3) is 0.533. The van der Waals surface area contributed by atoms with Gasteiger partial charge in [-0.05, 0) is 25.0 Å². The molecule has 4 heteroatoms. The molecule has 19 heavy (non-hydrogen) atoms. The Morgan fingerprint density at radius 3 is 2.68 bits per heavy atom. The second-order valence-electron chi connectivity index (χ2n) is 5.31. The number of aromatic nitrogens is 2. The Hall–Kier alpha value is -1.42. The first-order valence-electron chi connectivity index (χ1n) is 6.92. The molecule has 2 N–H and O–H groups in total. The van der Waals surface area contributed by atoms with E-state index in [1.54, 1.807) is 6.07 Å². The monoisotopic (exact) mass is 263 g/mol. The summed E-state index contributed by atoms with van der Waals surface area (Å²) in [5.41, 5.74) is 7.04. The van der Waals surface area contributed by atoms with Gasteiger partial charge in [0, 0.05) is 18.5 Å². The van der Waals surface area contributed by atoms with Crippen LogP contribution in [-0.4, -0.2) is 16.1 Å². The number of nitrogens with zero attached hydrogens (tertiary/aromatic N) is 2. The van der Waals surface area contributed by atoms with Crippen molar-refractivity contribution >= 4 is 11.0 Å². The van der Waals surface area contributed by atoms with Gasteiger partial charge in [-0.15, -0.1) is 0 Å². The maximum absolute atomic E-state index is 13.9. The summed E-state index contributed by atoms with van der Waals surface area (Å²) in [6.45, 7) is 7.65. The highest BCUT2D eigenvalue weighted by atomic mass is 19.1. The van der Waals surface area contributed by atoms with Crippen molar-refractivity contribution in [1.82, 2.24) is 9.55 Å². The van der Waals surface area contributed by atoms with Crippen LogP contribution in [0.3, 0.4) is 0 Å². The molecule has 3 nitrogen and oxygen atoms in total. The summed E-state index contributed by atoms with van der Waals surface area (Å²) in [4.78, 5) is 4.55. The van der Waals surface area contributed by atoms with Gasteiger partial charge in [0.15, 0.2) is 5.82 Å². The van der Waals surface area contributed by atoms with Crippen LogP contribution < -0.4 is 5.73 Å². The van der Waals surface area contributed by atoms with E-state index in [-0.39, 0.29) is 11.2 Å². The second-order valence-corrected chi connectivity index (χ2v) is 5.31. The van der Waals surface area contributed by atoms with Gasteiger partial charge in [0.25, 0.3) is 0 Å². The van der Waals surface area contributed by atoms with Crippen LogP contribution in [0.25, 0.3) is 11.0 Å². The average molecular weight is 263 g/mol. The minimum absolute atomic E-state index is 0.208. The normalized spacial score (nSPS) is 14.8. The predicted molar refractivity (Wildman–Crippen MR) is 76.7 cm³/mol. The van der Waals surface area contributed by atoms with Crippen molar-refractivity contribution in [3.8, 4) is 0 Å². The Balaban J connectivity index is 2.72. The zero-order chi connectivity index (χ0) is 14.0. The molecule has 0 fully saturated rings. The molecule has 1 unspecified atom stereocenters. The second kappa shape index (κ2) is 5.29. The molecule has 0 bridgehead atoms. The molecule has 1 atom stereocenters. The van der Waals surface area contributed by atoms with Crippen molar-refractivity contribution in [3.63, 3.8) is 0 Å². The smallest absolute Gasteiger partial charge is 0.151 e. The van der Waals surface area contributed by atoms with Crippen molar-refractivity contribution in [2.75, 3.05) is 6.54 Å². The van der Waals surface area contributed by atoms with Gasteiger partial charge in [0.05, 0.1) is 5.52 Å².